The van der Waals surface area contributed by atoms with Crippen molar-refractivity contribution in [3.8, 4) is 11.1 Å². The zero-order valence-corrected chi connectivity index (χ0v) is 17.4. The maximum Gasteiger partial charge on any atom is 0.274 e. The third-order valence-corrected chi connectivity index (χ3v) is 8.81. The lowest BCUT2D eigenvalue weighted by Crippen LogP contribution is -2.60. The Morgan fingerprint density at radius 1 is 1.14 bits per heavy atom. The smallest absolute Gasteiger partial charge is 0.274 e. The van der Waals surface area contributed by atoms with Gasteiger partial charge in [-0.05, 0) is 49.9 Å². The average Bonchev–Trinajstić information content (AvgIpc) is 3.38. The first-order chi connectivity index (χ1) is 14.0. The predicted molar refractivity (Wildman–Crippen MR) is 117 cm³/mol. The number of aromatic amines is 1. The van der Waals surface area contributed by atoms with Gasteiger partial charge >= 0.3 is 0 Å². The SMILES string of the molecule is Cn1cc(-c2cc(S(=O)C3CC3)ccc2N2CC3(CCC3)C2)c2cc[nH]c2c1=O. The molecular weight excluding hydrogens is 382 g/mol. The molecule has 3 fully saturated rings. The molecule has 3 aliphatic rings. The van der Waals surface area contributed by atoms with Gasteiger partial charge in [0.25, 0.3) is 5.56 Å². The van der Waals surface area contributed by atoms with Crippen LogP contribution in [0.1, 0.15) is 32.1 Å². The van der Waals surface area contributed by atoms with Crippen molar-refractivity contribution < 1.29 is 4.21 Å². The molecule has 29 heavy (non-hydrogen) atoms. The number of hydrogen-bond donors (Lipinski definition) is 1. The molecule has 150 valence electrons. The van der Waals surface area contributed by atoms with Crippen LogP contribution < -0.4 is 10.5 Å². The number of pyridine rings is 1. The van der Waals surface area contributed by atoms with Crippen molar-refractivity contribution >= 4 is 27.4 Å². The van der Waals surface area contributed by atoms with Gasteiger partial charge in [-0.1, -0.05) is 6.42 Å². The summed E-state index contributed by atoms with van der Waals surface area (Å²) in [6.45, 7) is 2.21. The Balaban J connectivity index is 1.52. The normalized spacial score (nSPS) is 21.2. The zero-order valence-electron chi connectivity index (χ0n) is 16.6. The van der Waals surface area contributed by atoms with Crippen LogP contribution in [0.3, 0.4) is 0 Å². The highest BCUT2D eigenvalue weighted by atomic mass is 32.2. The highest BCUT2D eigenvalue weighted by molar-refractivity contribution is 7.86. The molecule has 2 aliphatic carbocycles. The Hall–Kier alpha value is -2.34. The van der Waals surface area contributed by atoms with E-state index < -0.39 is 10.8 Å². The molecule has 3 heterocycles. The van der Waals surface area contributed by atoms with Gasteiger partial charge in [0.1, 0.15) is 5.52 Å². The van der Waals surface area contributed by atoms with E-state index >= 15 is 0 Å². The number of nitrogens with one attached hydrogen (secondary N) is 1. The summed E-state index contributed by atoms with van der Waals surface area (Å²) in [5.41, 5.74) is 4.45. The number of nitrogens with zero attached hydrogens (tertiary/aromatic N) is 2. The zero-order chi connectivity index (χ0) is 19.8. The van der Waals surface area contributed by atoms with Crippen molar-refractivity contribution in [1.82, 2.24) is 9.55 Å². The van der Waals surface area contributed by atoms with Gasteiger partial charge in [0, 0.05) is 70.3 Å². The first kappa shape index (κ1) is 17.5. The fourth-order valence-corrected chi connectivity index (χ4v) is 6.40. The second-order valence-corrected chi connectivity index (χ2v) is 10.8. The van der Waals surface area contributed by atoms with Gasteiger partial charge in [-0.25, -0.2) is 0 Å². The molecule has 1 unspecified atom stereocenters. The third-order valence-electron chi connectivity index (χ3n) is 7.02. The Labute approximate surface area is 172 Å². The molecule has 6 rings (SSSR count). The van der Waals surface area contributed by atoms with Gasteiger partial charge in [-0.3, -0.25) is 9.00 Å². The minimum absolute atomic E-state index is 0.0228. The summed E-state index contributed by atoms with van der Waals surface area (Å²) >= 11 is 0. The van der Waals surface area contributed by atoms with E-state index in [9.17, 15) is 9.00 Å². The third kappa shape index (κ3) is 2.65. The Kier molecular flexibility index (Phi) is 3.67. The second-order valence-electron chi connectivity index (χ2n) is 9.11. The fourth-order valence-electron chi connectivity index (χ4n) is 5.02. The molecule has 1 aromatic carbocycles. The molecule has 0 amide bonds. The van der Waals surface area contributed by atoms with Crippen LogP contribution in [0.4, 0.5) is 5.69 Å². The number of H-pyrrole nitrogens is 1. The minimum atomic E-state index is -0.948. The monoisotopic (exact) mass is 407 g/mol. The topological polar surface area (TPSA) is 58.1 Å². The van der Waals surface area contributed by atoms with Crippen LogP contribution in [0.25, 0.3) is 22.0 Å². The van der Waals surface area contributed by atoms with Crippen LogP contribution >= 0.6 is 0 Å². The minimum Gasteiger partial charge on any atom is -0.370 e. The fraction of sp³-hybridized carbons (Fsp3) is 0.435. The number of aromatic nitrogens is 2. The van der Waals surface area contributed by atoms with Crippen molar-refractivity contribution in [2.45, 2.75) is 42.2 Å². The molecule has 5 nitrogen and oxygen atoms in total. The molecule has 6 heteroatoms. The van der Waals surface area contributed by atoms with E-state index in [1.807, 2.05) is 18.5 Å². The summed E-state index contributed by atoms with van der Waals surface area (Å²) < 4.78 is 14.5. The quantitative estimate of drug-likeness (QED) is 0.716. The summed E-state index contributed by atoms with van der Waals surface area (Å²) in [5.74, 6) is 0. The molecule has 1 atom stereocenters. The van der Waals surface area contributed by atoms with Crippen LogP contribution in [-0.2, 0) is 17.8 Å². The van der Waals surface area contributed by atoms with Crippen molar-refractivity contribution in [1.29, 1.82) is 0 Å². The van der Waals surface area contributed by atoms with Crippen LogP contribution in [0.5, 0.6) is 0 Å². The van der Waals surface area contributed by atoms with E-state index in [-0.39, 0.29) is 5.56 Å². The maximum absolute atomic E-state index is 12.9. The summed E-state index contributed by atoms with van der Waals surface area (Å²) in [5, 5.41) is 1.24. The van der Waals surface area contributed by atoms with E-state index in [4.69, 9.17) is 0 Å². The van der Waals surface area contributed by atoms with Gasteiger partial charge in [0.05, 0.1) is 10.8 Å². The molecule has 0 radical (unpaired) electrons. The molecule has 1 N–H and O–H groups in total. The Morgan fingerprint density at radius 2 is 1.93 bits per heavy atom. The predicted octanol–water partition coefficient (Wildman–Crippen LogP) is 3.79. The molecule has 1 saturated heterocycles. The standard InChI is InChI=1S/C23H25N3O2S/c1-25-12-19(17-7-10-24-21(17)22(25)27)18-11-16(29(28)15-3-4-15)5-6-20(18)26-13-23(14-26)8-2-9-23/h5-7,10-12,15,24H,2-4,8-9,13-14H2,1H3. The molecule has 0 bridgehead atoms. The van der Waals surface area contributed by atoms with E-state index in [2.05, 4.69) is 28.1 Å². The number of fused-ring (bicyclic) bond motifs is 1. The van der Waals surface area contributed by atoms with Gasteiger partial charge < -0.3 is 14.5 Å². The van der Waals surface area contributed by atoms with Crippen LogP contribution in [0.2, 0.25) is 0 Å². The summed E-state index contributed by atoms with van der Waals surface area (Å²) in [4.78, 5) is 19.0. The summed E-state index contributed by atoms with van der Waals surface area (Å²) in [6, 6.07) is 8.29. The summed E-state index contributed by atoms with van der Waals surface area (Å²) in [7, 11) is 0.849. The summed E-state index contributed by atoms with van der Waals surface area (Å²) in [6.07, 6.45) is 9.90. The van der Waals surface area contributed by atoms with Gasteiger partial charge in [-0.15, -0.1) is 0 Å². The molecule has 3 aromatic rings. The largest absolute Gasteiger partial charge is 0.370 e. The molecular formula is C23H25N3O2S. The van der Waals surface area contributed by atoms with E-state index in [1.165, 1.54) is 24.9 Å². The van der Waals surface area contributed by atoms with Crippen LogP contribution in [0.15, 0.2) is 46.3 Å². The van der Waals surface area contributed by atoms with Gasteiger partial charge in [0.2, 0.25) is 0 Å². The lowest BCUT2D eigenvalue weighted by atomic mass is 9.63. The molecule has 1 spiro atoms. The number of rotatable bonds is 4. The Bertz CT molecular complexity index is 1210. The highest BCUT2D eigenvalue weighted by Crippen LogP contribution is 2.51. The van der Waals surface area contributed by atoms with E-state index in [0.29, 0.717) is 16.2 Å². The van der Waals surface area contributed by atoms with Crippen molar-refractivity contribution in [3.05, 3.63) is 47.0 Å². The first-order valence-corrected chi connectivity index (χ1v) is 11.7. The van der Waals surface area contributed by atoms with E-state index in [1.54, 1.807) is 11.6 Å². The molecule has 2 saturated carbocycles. The van der Waals surface area contributed by atoms with Crippen molar-refractivity contribution in [2.24, 2.45) is 12.5 Å². The lowest BCUT2D eigenvalue weighted by molar-refractivity contribution is 0.0905. The van der Waals surface area contributed by atoms with Gasteiger partial charge in [-0.2, -0.15) is 0 Å². The molecule has 1 aliphatic heterocycles. The average molecular weight is 408 g/mol. The number of benzene rings is 1. The second kappa shape index (κ2) is 6.08. The number of aryl methyl sites for hydroxylation is 1. The van der Waals surface area contributed by atoms with E-state index in [0.717, 1.165) is 47.3 Å². The van der Waals surface area contributed by atoms with Crippen LogP contribution in [0, 0.1) is 5.41 Å². The van der Waals surface area contributed by atoms with Crippen LogP contribution in [-0.4, -0.2) is 32.1 Å². The lowest BCUT2D eigenvalue weighted by Gasteiger charge is -2.57. The first-order valence-electron chi connectivity index (χ1n) is 10.5. The highest BCUT2D eigenvalue weighted by Gasteiger charge is 2.47. The Morgan fingerprint density at radius 3 is 2.62 bits per heavy atom. The number of anilines is 1. The number of hydrogen-bond acceptors (Lipinski definition) is 3. The van der Waals surface area contributed by atoms with Gasteiger partial charge in [0.15, 0.2) is 0 Å². The maximum atomic E-state index is 12.9. The van der Waals surface area contributed by atoms with Crippen molar-refractivity contribution in [2.75, 3.05) is 18.0 Å². The molecule has 2 aromatic heterocycles. The van der Waals surface area contributed by atoms with Crippen molar-refractivity contribution in [3.63, 3.8) is 0 Å².